The molecule has 2 saturated heterocycles. The van der Waals surface area contributed by atoms with Crippen LogP contribution in [0.3, 0.4) is 0 Å². The quantitative estimate of drug-likeness (QED) is 0.524. The van der Waals surface area contributed by atoms with Crippen LogP contribution in [0.25, 0.3) is 0 Å². The van der Waals surface area contributed by atoms with Crippen LogP contribution in [0, 0.1) is 0 Å². The summed E-state index contributed by atoms with van der Waals surface area (Å²) in [5, 5.41) is 7.78. The van der Waals surface area contributed by atoms with Gasteiger partial charge in [-0.1, -0.05) is 0 Å². The number of carbonyl (C=O) groups is 1. The molecule has 0 aliphatic carbocycles. The second-order valence-corrected chi connectivity index (χ2v) is 7.69. The molecule has 9 heteroatoms. The first kappa shape index (κ1) is 20.6. The minimum absolute atomic E-state index is 0.00971. The molecule has 1 amide bonds. The number of nitrogens with zero attached hydrogens (tertiary/aromatic N) is 6. The molecule has 0 aromatic carbocycles. The summed E-state index contributed by atoms with van der Waals surface area (Å²) in [6, 6.07) is 0. The van der Waals surface area contributed by atoms with Crippen LogP contribution < -0.4 is 5.32 Å². The Hall–Kier alpha value is -2.13. The first-order valence-electron chi connectivity index (χ1n) is 10.0. The molecule has 1 aromatic heterocycles. The lowest BCUT2D eigenvalue weighted by Crippen LogP contribution is -2.45. The van der Waals surface area contributed by atoms with Crippen molar-refractivity contribution in [3.63, 3.8) is 0 Å². The number of hydrogen-bond acceptors (Lipinski definition) is 5. The Bertz CT molecular complexity index is 667. The number of morpholine rings is 1. The molecular weight excluding hydrogens is 358 g/mol. The average molecular weight is 392 g/mol. The topological polar surface area (TPSA) is 78.2 Å². The fourth-order valence-electron chi connectivity index (χ4n) is 3.58. The van der Waals surface area contributed by atoms with Gasteiger partial charge in [0.05, 0.1) is 19.4 Å². The second-order valence-electron chi connectivity index (χ2n) is 7.69. The van der Waals surface area contributed by atoms with E-state index in [9.17, 15) is 4.79 Å². The molecule has 1 aromatic rings. The zero-order valence-corrected chi connectivity index (χ0v) is 17.3. The molecule has 28 heavy (non-hydrogen) atoms. The van der Waals surface area contributed by atoms with Gasteiger partial charge in [-0.3, -0.25) is 14.4 Å². The lowest BCUT2D eigenvalue weighted by atomic mass is 10.0. The monoisotopic (exact) mass is 391 g/mol. The maximum absolute atomic E-state index is 12.0. The van der Waals surface area contributed by atoms with Gasteiger partial charge in [0.25, 0.3) is 0 Å². The maximum Gasteiger partial charge on any atom is 0.243 e. The Morgan fingerprint density at radius 2 is 2.14 bits per heavy atom. The molecule has 2 aliphatic rings. The highest BCUT2D eigenvalue weighted by Gasteiger charge is 2.27. The zero-order valence-electron chi connectivity index (χ0n) is 17.3. The summed E-state index contributed by atoms with van der Waals surface area (Å²) in [5.41, 5.74) is 1.27. The van der Waals surface area contributed by atoms with E-state index in [1.165, 1.54) is 5.56 Å². The van der Waals surface area contributed by atoms with Crippen molar-refractivity contribution in [2.75, 3.05) is 73.1 Å². The van der Waals surface area contributed by atoms with Crippen LogP contribution in [0.5, 0.6) is 0 Å². The number of carbonyl (C=O) groups excluding carboxylic acids is 1. The number of nitrogens with one attached hydrogen (secondary N) is 1. The third-order valence-corrected chi connectivity index (χ3v) is 5.36. The van der Waals surface area contributed by atoms with Gasteiger partial charge in [0.1, 0.15) is 6.54 Å². The van der Waals surface area contributed by atoms with Crippen molar-refractivity contribution in [2.45, 2.75) is 12.3 Å². The maximum atomic E-state index is 12.0. The summed E-state index contributed by atoms with van der Waals surface area (Å²) in [7, 11) is 5.47. The Kier molecular flexibility index (Phi) is 7.27. The van der Waals surface area contributed by atoms with E-state index >= 15 is 0 Å². The van der Waals surface area contributed by atoms with Crippen LogP contribution in [-0.2, 0) is 16.6 Å². The van der Waals surface area contributed by atoms with E-state index in [1.807, 2.05) is 17.9 Å². The standard InChI is InChI=1S/C19H33N7O2/c1-23(2)18(27)13-21-19(20-5-7-25-8-10-28-11-9-25)26-6-4-16(15-26)17-12-22-24(3)14-17/h12,14,16H,4-11,13,15H2,1-3H3,(H,20,21). The van der Waals surface area contributed by atoms with Crippen LogP contribution in [0.4, 0.5) is 0 Å². The first-order chi connectivity index (χ1) is 13.5. The van der Waals surface area contributed by atoms with Crippen LogP contribution in [0.15, 0.2) is 17.4 Å². The Balaban J connectivity index is 1.58. The number of likely N-dealkylation sites (tertiary alicyclic amines) is 1. The fourth-order valence-corrected chi connectivity index (χ4v) is 3.58. The normalized spacial score (nSPS) is 21.2. The van der Waals surface area contributed by atoms with Gasteiger partial charge in [-0.05, 0) is 12.0 Å². The Labute approximate surface area is 167 Å². The van der Waals surface area contributed by atoms with E-state index in [2.05, 4.69) is 31.4 Å². The zero-order chi connectivity index (χ0) is 19.9. The summed E-state index contributed by atoms with van der Waals surface area (Å²) in [5.74, 6) is 1.29. The molecule has 1 N–H and O–H groups in total. The number of aromatic nitrogens is 2. The minimum atomic E-state index is 0.00971. The molecule has 3 rings (SSSR count). The molecular formula is C19H33N7O2. The summed E-state index contributed by atoms with van der Waals surface area (Å²) in [6.07, 6.45) is 5.11. The van der Waals surface area contributed by atoms with Gasteiger partial charge >= 0.3 is 0 Å². The second kappa shape index (κ2) is 9.88. The molecule has 2 fully saturated rings. The van der Waals surface area contributed by atoms with Crippen molar-refractivity contribution in [1.29, 1.82) is 0 Å². The molecule has 2 aliphatic heterocycles. The lowest BCUT2D eigenvalue weighted by Gasteiger charge is -2.28. The highest BCUT2D eigenvalue weighted by molar-refractivity contribution is 5.85. The molecule has 0 radical (unpaired) electrons. The lowest BCUT2D eigenvalue weighted by molar-refractivity contribution is -0.127. The molecule has 0 spiro atoms. The minimum Gasteiger partial charge on any atom is -0.379 e. The van der Waals surface area contributed by atoms with Crippen LogP contribution in [0.1, 0.15) is 17.9 Å². The van der Waals surface area contributed by atoms with Gasteiger partial charge < -0.3 is 19.9 Å². The van der Waals surface area contributed by atoms with E-state index in [4.69, 9.17) is 4.74 Å². The van der Waals surface area contributed by atoms with E-state index in [0.717, 1.165) is 64.9 Å². The van der Waals surface area contributed by atoms with Crippen molar-refractivity contribution in [2.24, 2.45) is 12.0 Å². The molecule has 1 unspecified atom stereocenters. The number of guanidine groups is 1. The molecule has 0 bridgehead atoms. The molecule has 9 nitrogen and oxygen atoms in total. The Morgan fingerprint density at radius 3 is 2.82 bits per heavy atom. The van der Waals surface area contributed by atoms with Gasteiger partial charge in [-0.15, -0.1) is 0 Å². The van der Waals surface area contributed by atoms with Crippen molar-refractivity contribution in [3.8, 4) is 0 Å². The summed E-state index contributed by atoms with van der Waals surface area (Å²) in [6.45, 7) is 7.30. The van der Waals surface area contributed by atoms with Crippen LogP contribution >= 0.6 is 0 Å². The molecule has 3 heterocycles. The van der Waals surface area contributed by atoms with Gasteiger partial charge in [-0.25, -0.2) is 4.99 Å². The summed E-state index contributed by atoms with van der Waals surface area (Å²) in [4.78, 5) is 22.9. The largest absolute Gasteiger partial charge is 0.379 e. The molecule has 0 saturated carbocycles. The number of ether oxygens (including phenoxy) is 1. The van der Waals surface area contributed by atoms with E-state index < -0.39 is 0 Å². The molecule has 1 atom stereocenters. The van der Waals surface area contributed by atoms with Crippen LogP contribution in [-0.4, -0.2) is 109 Å². The highest BCUT2D eigenvalue weighted by atomic mass is 16.5. The van der Waals surface area contributed by atoms with Crippen molar-refractivity contribution in [3.05, 3.63) is 18.0 Å². The summed E-state index contributed by atoms with van der Waals surface area (Å²) < 4.78 is 7.26. The van der Waals surface area contributed by atoms with E-state index in [-0.39, 0.29) is 12.5 Å². The first-order valence-corrected chi connectivity index (χ1v) is 10.0. The number of aliphatic imine (C=N–C) groups is 1. The van der Waals surface area contributed by atoms with Gasteiger partial charge in [-0.2, -0.15) is 5.10 Å². The number of rotatable bonds is 6. The summed E-state index contributed by atoms with van der Waals surface area (Å²) >= 11 is 0. The van der Waals surface area contributed by atoms with E-state index in [0.29, 0.717) is 5.92 Å². The number of aryl methyl sites for hydroxylation is 1. The highest BCUT2D eigenvalue weighted by Crippen LogP contribution is 2.26. The van der Waals surface area contributed by atoms with Crippen molar-refractivity contribution < 1.29 is 9.53 Å². The van der Waals surface area contributed by atoms with E-state index in [1.54, 1.807) is 19.0 Å². The average Bonchev–Trinajstić information content (AvgIpc) is 3.34. The smallest absolute Gasteiger partial charge is 0.243 e. The van der Waals surface area contributed by atoms with Crippen molar-refractivity contribution >= 4 is 11.9 Å². The SMILES string of the molecule is CN(C)C(=O)CN=C(NCCN1CCOCC1)N1CCC(c2cnn(C)c2)C1. The van der Waals surface area contributed by atoms with Crippen LogP contribution in [0.2, 0.25) is 0 Å². The number of amides is 1. The fraction of sp³-hybridized carbons (Fsp3) is 0.737. The Morgan fingerprint density at radius 1 is 1.36 bits per heavy atom. The van der Waals surface area contributed by atoms with Gasteiger partial charge in [0.2, 0.25) is 5.91 Å². The van der Waals surface area contributed by atoms with Gasteiger partial charge in [0, 0.05) is 72.5 Å². The number of hydrogen-bond donors (Lipinski definition) is 1. The third-order valence-electron chi connectivity index (χ3n) is 5.36. The third kappa shape index (κ3) is 5.68. The predicted octanol–water partition coefficient (Wildman–Crippen LogP) is -0.425. The number of likely N-dealkylation sites (N-methyl/N-ethyl adjacent to an activating group) is 1. The van der Waals surface area contributed by atoms with Crippen molar-refractivity contribution in [1.82, 2.24) is 29.8 Å². The molecule has 156 valence electrons. The predicted molar refractivity (Wildman–Crippen MR) is 108 cm³/mol. The van der Waals surface area contributed by atoms with Gasteiger partial charge in [0.15, 0.2) is 5.96 Å².